The minimum absolute atomic E-state index is 0.0476. The van der Waals surface area contributed by atoms with E-state index in [0.29, 0.717) is 10.6 Å². The molecule has 7 heteroatoms. The van der Waals surface area contributed by atoms with E-state index in [-0.39, 0.29) is 23.8 Å². The number of ketones is 1. The lowest BCUT2D eigenvalue weighted by Crippen LogP contribution is -2.02. The summed E-state index contributed by atoms with van der Waals surface area (Å²) in [6.07, 6.45) is 4.19. The van der Waals surface area contributed by atoms with Crippen LogP contribution in [-0.2, 0) is 13.0 Å². The summed E-state index contributed by atoms with van der Waals surface area (Å²) in [6.45, 7) is 3.94. The van der Waals surface area contributed by atoms with E-state index in [1.165, 1.54) is 22.3 Å². The van der Waals surface area contributed by atoms with Crippen molar-refractivity contribution in [3.8, 4) is 11.5 Å². The minimum Gasteiger partial charge on any atom is -0.496 e. The number of hydrogen-bond acceptors (Lipinski definition) is 6. The second-order valence-corrected chi connectivity index (χ2v) is 8.07. The molecular weight excluding hydrogens is 414 g/mol. The van der Waals surface area contributed by atoms with Crippen LogP contribution in [0.2, 0.25) is 0 Å². The molecule has 0 aliphatic carbocycles. The summed E-state index contributed by atoms with van der Waals surface area (Å²) in [5, 5.41) is 11.3. The van der Waals surface area contributed by atoms with Crippen molar-refractivity contribution in [3.63, 3.8) is 0 Å². The molecule has 0 amide bonds. The van der Waals surface area contributed by atoms with Crippen molar-refractivity contribution in [3.05, 3.63) is 91.2 Å². The number of nitrogens with zero attached hydrogens (tertiary/aromatic N) is 1. The van der Waals surface area contributed by atoms with E-state index in [9.17, 15) is 14.9 Å². The molecular formula is C24H23NO5S. The number of rotatable bonds is 9. The summed E-state index contributed by atoms with van der Waals surface area (Å²) in [5.74, 6) is 0.746. The summed E-state index contributed by atoms with van der Waals surface area (Å²) in [4.78, 5) is 25.1. The number of hydrogen-bond donors (Lipinski definition) is 0. The van der Waals surface area contributed by atoms with Gasteiger partial charge in [0, 0.05) is 16.5 Å². The fraction of sp³-hybridized carbons (Fsp3) is 0.208. The Kier molecular flexibility index (Phi) is 7.20. The number of carbonyl (C=O) groups is 1. The Morgan fingerprint density at radius 2 is 1.90 bits per heavy atom. The van der Waals surface area contributed by atoms with Crippen LogP contribution in [0.25, 0.3) is 6.08 Å². The summed E-state index contributed by atoms with van der Waals surface area (Å²) < 4.78 is 11.1. The van der Waals surface area contributed by atoms with Gasteiger partial charge in [-0.2, -0.15) is 0 Å². The molecule has 2 aromatic carbocycles. The molecule has 6 nitrogen and oxygen atoms in total. The lowest BCUT2D eigenvalue weighted by molar-refractivity contribution is -0.386. The van der Waals surface area contributed by atoms with Crippen LogP contribution in [0.5, 0.6) is 11.5 Å². The minimum atomic E-state index is -0.459. The molecule has 0 saturated heterocycles. The van der Waals surface area contributed by atoms with Crippen LogP contribution in [-0.4, -0.2) is 17.8 Å². The number of ether oxygens (including phenoxy) is 2. The van der Waals surface area contributed by atoms with Crippen molar-refractivity contribution < 1.29 is 19.2 Å². The number of thiophene rings is 1. The highest BCUT2D eigenvalue weighted by Gasteiger charge is 2.16. The molecule has 0 aliphatic heterocycles. The molecule has 0 fully saturated rings. The predicted octanol–water partition coefficient (Wildman–Crippen LogP) is 6.01. The number of methoxy groups -OCH3 is 1. The first-order valence-electron chi connectivity index (χ1n) is 9.77. The van der Waals surface area contributed by atoms with Gasteiger partial charge in [-0.05, 0) is 60.9 Å². The largest absolute Gasteiger partial charge is 0.496 e. The Labute approximate surface area is 184 Å². The molecule has 0 radical (unpaired) electrons. The average molecular weight is 438 g/mol. The van der Waals surface area contributed by atoms with Crippen molar-refractivity contribution in [2.75, 3.05) is 7.11 Å². The fourth-order valence-electron chi connectivity index (χ4n) is 3.02. The summed E-state index contributed by atoms with van der Waals surface area (Å²) in [7, 11) is 1.55. The fourth-order valence-corrected chi connectivity index (χ4v) is 3.88. The first-order chi connectivity index (χ1) is 14.9. The smallest absolute Gasteiger partial charge is 0.311 e. The second kappa shape index (κ2) is 10.0. The molecule has 3 rings (SSSR count). The van der Waals surface area contributed by atoms with Crippen LogP contribution in [0.15, 0.2) is 54.6 Å². The van der Waals surface area contributed by atoms with E-state index in [1.54, 1.807) is 44.4 Å². The molecule has 0 aliphatic rings. The third-order valence-electron chi connectivity index (χ3n) is 4.68. The first kappa shape index (κ1) is 22.2. The molecule has 31 heavy (non-hydrogen) atoms. The Balaban J connectivity index is 1.78. The van der Waals surface area contributed by atoms with Gasteiger partial charge in [-0.3, -0.25) is 14.9 Å². The van der Waals surface area contributed by atoms with E-state index >= 15 is 0 Å². The van der Waals surface area contributed by atoms with Crippen molar-refractivity contribution >= 4 is 28.9 Å². The van der Waals surface area contributed by atoms with Gasteiger partial charge in [-0.25, -0.2) is 0 Å². The maximum Gasteiger partial charge on any atom is 0.311 e. The zero-order valence-electron chi connectivity index (χ0n) is 17.6. The van der Waals surface area contributed by atoms with E-state index in [2.05, 4.69) is 6.92 Å². The third-order valence-corrected chi connectivity index (χ3v) is 5.92. The number of aryl methyl sites for hydroxylation is 2. The van der Waals surface area contributed by atoms with E-state index in [1.807, 2.05) is 24.3 Å². The van der Waals surface area contributed by atoms with E-state index in [4.69, 9.17) is 9.47 Å². The Morgan fingerprint density at radius 3 is 2.58 bits per heavy atom. The van der Waals surface area contributed by atoms with Gasteiger partial charge in [-0.1, -0.05) is 25.1 Å². The van der Waals surface area contributed by atoms with Crippen molar-refractivity contribution in [2.45, 2.75) is 26.9 Å². The van der Waals surface area contributed by atoms with Gasteiger partial charge >= 0.3 is 5.69 Å². The average Bonchev–Trinajstić information content (AvgIpc) is 3.26. The Morgan fingerprint density at radius 1 is 1.13 bits per heavy atom. The number of carbonyl (C=O) groups excluding carboxylic acids is 1. The molecule has 1 heterocycles. The van der Waals surface area contributed by atoms with E-state index in [0.717, 1.165) is 23.1 Å². The van der Waals surface area contributed by atoms with Crippen molar-refractivity contribution in [1.82, 2.24) is 0 Å². The maximum absolute atomic E-state index is 12.4. The van der Waals surface area contributed by atoms with Crippen LogP contribution in [0.3, 0.4) is 0 Å². The highest BCUT2D eigenvalue weighted by Crippen LogP contribution is 2.30. The van der Waals surface area contributed by atoms with Gasteiger partial charge in [0.2, 0.25) is 0 Å². The van der Waals surface area contributed by atoms with Gasteiger partial charge < -0.3 is 9.47 Å². The summed E-state index contributed by atoms with van der Waals surface area (Å²) >= 11 is 1.50. The van der Waals surface area contributed by atoms with Crippen LogP contribution >= 0.6 is 11.3 Å². The Hall–Kier alpha value is -3.45. The molecule has 0 N–H and O–H groups in total. The zero-order valence-corrected chi connectivity index (χ0v) is 18.4. The number of nitro benzene ring substituents is 1. The summed E-state index contributed by atoms with van der Waals surface area (Å²) in [6, 6.07) is 14.1. The van der Waals surface area contributed by atoms with Gasteiger partial charge in [-0.15, -0.1) is 11.3 Å². The predicted molar refractivity (Wildman–Crippen MR) is 122 cm³/mol. The Bertz CT molecular complexity index is 1130. The molecule has 160 valence electrons. The van der Waals surface area contributed by atoms with Crippen LogP contribution in [0, 0.1) is 17.0 Å². The quantitative estimate of drug-likeness (QED) is 0.177. The molecule has 0 spiro atoms. The summed E-state index contributed by atoms with van der Waals surface area (Å²) in [5.41, 5.74) is 2.23. The normalized spacial score (nSPS) is 10.9. The molecule has 0 saturated carbocycles. The van der Waals surface area contributed by atoms with Crippen molar-refractivity contribution in [2.24, 2.45) is 0 Å². The van der Waals surface area contributed by atoms with Crippen molar-refractivity contribution in [1.29, 1.82) is 0 Å². The van der Waals surface area contributed by atoms with E-state index < -0.39 is 4.92 Å². The molecule has 0 bridgehead atoms. The standard InChI is InChI=1S/C24H23NO5S/c1-4-19-8-12-24(31-19)21(26)9-6-17-7-11-22(29-3)18(14-17)15-30-23-10-5-16(2)13-20(23)25(27)28/h5-14H,4,15H2,1-3H3/b9-6+. The third kappa shape index (κ3) is 5.58. The van der Waals surface area contributed by atoms with Crippen LogP contribution < -0.4 is 9.47 Å². The van der Waals surface area contributed by atoms with Crippen LogP contribution in [0.1, 0.15) is 38.2 Å². The highest BCUT2D eigenvalue weighted by atomic mass is 32.1. The molecule has 0 unspecified atom stereocenters. The van der Waals surface area contributed by atoms with Gasteiger partial charge in [0.25, 0.3) is 0 Å². The molecule has 1 aromatic heterocycles. The first-order valence-corrected chi connectivity index (χ1v) is 10.6. The number of benzene rings is 2. The SMILES string of the molecule is CCc1ccc(C(=O)/C=C/c2ccc(OC)c(COc3ccc(C)cc3[N+](=O)[O-])c2)s1. The van der Waals surface area contributed by atoms with Gasteiger partial charge in [0.05, 0.1) is 16.9 Å². The molecule has 0 atom stereocenters. The topological polar surface area (TPSA) is 78.7 Å². The zero-order chi connectivity index (χ0) is 22.4. The lowest BCUT2D eigenvalue weighted by Gasteiger charge is -2.11. The number of nitro groups is 1. The number of allylic oxidation sites excluding steroid dienone is 1. The highest BCUT2D eigenvalue weighted by molar-refractivity contribution is 7.14. The molecule has 3 aromatic rings. The maximum atomic E-state index is 12.4. The van der Waals surface area contributed by atoms with Gasteiger partial charge in [0.15, 0.2) is 11.5 Å². The van der Waals surface area contributed by atoms with Gasteiger partial charge in [0.1, 0.15) is 12.4 Å². The van der Waals surface area contributed by atoms with Crippen LogP contribution in [0.4, 0.5) is 5.69 Å². The monoisotopic (exact) mass is 437 g/mol. The second-order valence-electron chi connectivity index (χ2n) is 6.91. The lowest BCUT2D eigenvalue weighted by atomic mass is 10.1.